The molecule has 0 atom stereocenters. The Morgan fingerprint density at radius 3 is 2.11 bits per heavy atom. The Morgan fingerprint density at radius 2 is 1.50 bits per heavy atom. The fourth-order valence-electron chi connectivity index (χ4n) is 2.19. The number of hydrogen-bond acceptors (Lipinski definition) is 6. The van der Waals surface area contributed by atoms with Crippen LogP contribution < -0.4 is 15.4 Å². The van der Waals surface area contributed by atoms with E-state index in [9.17, 15) is 19.2 Å². The zero-order valence-corrected chi connectivity index (χ0v) is 15.5. The number of Topliss-reactive ketones (excluding diaryl/α,β-unsaturated/α-hetero) is 1. The van der Waals surface area contributed by atoms with E-state index < -0.39 is 18.5 Å². The van der Waals surface area contributed by atoms with Crippen LogP contribution in [0, 0.1) is 0 Å². The number of esters is 1. The minimum atomic E-state index is -0.710. The number of ether oxygens (including phenoxy) is 2. The zero-order chi connectivity index (χ0) is 20.5. The SMILES string of the molecule is CC(=O)Nc1cccc(NC(=O)COC(=O)COc2ccc(C(C)=O)cc2)c1. The maximum absolute atomic E-state index is 11.9. The van der Waals surface area contributed by atoms with E-state index >= 15 is 0 Å². The van der Waals surface area contributed by atoms with Gasteiger partial charge in [-0.25, -0.2) is 4.79 Å². The van der Waals surface area contributed by atoms with Gasteiger partial charge in [0.05, 0.1) is 0 Å². The van der Waals surface area contributed by atoms with E-state index in [1.54, 1.807) is 48.5 Å². The predicted octanol–water partition coefficient (Wildman–Crippen LogP) is 2.41. The van der Waals surface area contributed by atoms with Gasteiger partial charge in [0, 0.05) is 23.9 Å². The number of rotatable bonds is 8. The number of benzene rings is 2. The van der Waals surface area contributed by atoms with E-state index in [1.807, 2.05) is 0 Å². The van der Waals surface area contributed by atoms with Gasteiger partial charge in [0.1, 0.15) is 5.75 Å². The van der Waals surface area contributed by atoms with Crippen molar-refractivity contribution in [2.24, 2.45) is 0 Å². The molecule has 0 spiro atoms. The quantitative estimate of drug-likeness (QED) is 0.534. The maximum Gasteiger partial charge on any atom is 0.344 e. The number of carbonyl (C=O) groups excluding carboxylic acids is 4. The summed E-state index contributed by atoms with van der Waals surface area (Å²) in [5.74, 6) is -1.13. The summed E-state index contributed by atoms with van der Waals surface area (Å²) in [4.78, 5) is 45.8. The Morgan fingerprint density at radius 1 is 0.857 bits per heavy atom. The third kappa shape index (κ3) is 6.91. The second kappa shape index (κ2) is 9.86. The topological polar surface area (TPSA) is 111 Å². The Kier molecular flexibility index (Phi) is 7.27. The van der Waals surface area contributed by atoms with Gasteiger partial charge in [-0.1, -0.05) is 6.07 Å². The number of ketones is 1. The number of amides is 2. The second-order valence-corrected chi connectivity index (χ2v) is 5.84. The van der Waals surface area contributed by atoms with Crippen LogP contribution in [0.3, 0.4) is 0 Å². The van der Waals surface area contributed by atoms with Crippen molar-refractivity contribution >= 4 is 34.9 Å². The molecule has 8 nitrogen and oxygen atoms in total. The van der Waals surface area contributed by atoms with Crippen LogP contribution >= 0.6 is 0 Å². The molecular weight excluding hydrogens is 364 g/mol. The molecule has 8 heteroatoms. The highest BCUT2D eigenvalue weighted by Gasteiger charge is 2.10. The Labute approximate surface area is 161 Å². The first-order valence-corrected chi connectivity index (χ1v) is 8.40. The van der Waals surface area contributed by atoms with Crippen molar-refractivity contribution < 1.29 is 28.7 Å². The normalized spacial score (nSPS) is 9.93. The number of nitrogens with one attached hydrogen (secondary N) is 2. The van der Waals surface area contributed by atoms with Gasteiger partial charge in [-0.15, -0.1) is 0 Å². The molecular formula is C20H20N2O6. The van der Waals surface area contributed by atoms with Crippen molar-refractivity contribution in [3.8, 4) is 5.75 Å². The highest BCUT2D eigenvalue weighted by Crippen LogP contribution is 2.15. The standard InChI is InChI=1S/C20H20N2O6/c1-13(23)15-6-8-18(9-7-15)27-12-20(26)28-11-19(25)22-17-5-3-4-16(10-17)21-14(2)24/h3-10H,11-12H2,1-2H3,(H,21,24)(H,22,25). The van der Waals surface area contributed by atoms with Crippen LogP contribution in [0.2, 0.25) is 0 Å². The average molecular weight is 384 g/mol. The molecule has 0 fully saturated rings. The first kappa shape index (κ1) is 20.6. The largest absolute Gasteiger partial charge is 0.482 e. The van der Waals surface area contributed by atoms with Crippen LogP contribution in [0.1, 0.15) is 24.2 Å². The predicted molar refractivity (Wildman–Crippen MR) is 102 cm³/mol. The van der Waals surface area contributed by atoms with Crippen LogP contribution in [-0.4, -0.2) is 36.8 Å². The third-order valence-corrected chi connectivity index (χ3v) is 3.45. The molecule has 2 aromatic rings. The summed E-state index contributed by atoms with van der Waals surface area (Å²) < 4.78 is 10.1. The number of anilines is 2. The molecule has 2 amide bonds. The lowest BCUT2D eigenvalue weighted by atomic mass is 10.1. The summed E-state index contributed by atoms with van der Waals surface area (Å²) in [6.07, 6.45) is 0. The third-order valence-electron chi connectivity index (χ3n) is 3.45. The smallest absolute Gasteiger partial charge is 0.344 e. The van der Waals surface area contributed by atoms with Gasteiger partial charge in [-0.05, 0) is 49.4 Å². The second-order valence-electron chi connectivity index (χ2n) is 5.84. The summed E-state index contributed by atoms with van der Waals surface area (Å²) in [5, 5.41) is 5.16. The van der Waals surface area contributed by atoms with Crippen LogP contribution in [0.25, 0.3) is 0 Å². The molecule has 0 aliphatic rings. The Balaban J connectivity index is 1.75. The van der Waals surface area contributed by atoms with Crippen LogP contribution in [0.5, 0.6) is 5.75 Å². The average Bonchev–Trinajstić information content (AvgIpc) is 2.64. The highest BCUT2D eigenvalue weighted by molar-refractivity contribution is 5.95. The molecule has 0 aliphatic carbocycles. The van der Waals surface area contributed by atoms with Gasteiger partial charge in [0.25, 0.3) is 5.91 Å². The summed E-state index contributed by atoms with van der Waals surface area (Å²) in [6.45, 7) is 1.99. The lowest BCUT2D eigenvalue weighted by Crippen LogP contribution is -2.23. The summed E-state index contributed by atoms with van der Waals surface area (Å²) in [7, 11) is 0. The minimum absolute atomic E-state index is 0.0698. The maximum atomic E-state index is 11.9. The molecule has 0 bridgehead atoms. The highest BCUT2D eigenvalue weighted by atomic mass is 16.6. The number of hydrogen-bond donors (Lipinski definition) is 2. The van der Waals surface area contributed by atoms with Crippen molar-refractivity contribution in [1.82, 2.24) is 0 Å². The van der Waals surface area contributed by atoms with Crippen molar-refractivity contribution in [2.45, 2.75) is 13.8 Å². The fourth-order valence-corrected chi connectivity index (χ4v) is 2.19. The fraction of sp³-hybridized carbons (Fsp3) is 0.200. The molecule has 0 aromatic heterocycles. The van der Waals surface area contributed by atoms with Crippen molar-refractivity contribution in [3.05, 3.63) is 54.1 Å². The Bertz CT molecular complexity index is 877. The monoisotopic (exact) mass is 384 g/mol. The molecule has 0 saturated heterocycles. The van der Waals surface area contributed by atoms with E-state index in [-0.39, 0.29) is 18.3 Å². The van der Waals surface area contributed by atoms with Gasteiger partial charge in [-0.3, -0.25) is 14.4 Å². The van der Waals surface area contributed by atoms with Crippen molar-refractivity contribution in [3.63, 3.8) is 0 Å². The molecule has 0 heterocycles. The van der Waals surface area contributed by atoms with Crippen LogP contribution in [0.4, 0.5) is 11.4 Å². The van der Waals surface area contributed by atoms with Gasteiger partial charge < -0.3 is 20.1 Å². The van der Waals surface area contributed by atoms with Crippen molar-refractivity contribution in [1.29, 1.82) is 0 Å². The summed E-state index contributed by atoms with van der Waals surface area (Å²) in [5.41, 5.74) is 1.52. The van der Waals surface area contributed by atoms with E-state index in [4.69, 9.17) is 9.47 Å². The van der Waals surface area contributed by atoms with Gasteiger partial charge in [0.2, 0.25) is 5.91 Å². The van der Waals surface area contributed by atoms with Crippen LogP contribution in [0.15, 0.2) is 48.5 Å². The molecule has 2 aromatic carbocycles. The van der Waals surface area contributed by atoms with E-state index in [0.29, 0.717) is 22.7 Å². The zero-order valence-electron chi connectivity index (χ0n) is 15.5. The molecule has 0 aliphatic heterocycles. The van der Waals surface area contributed by atoms with E-state index in [2.05, 4.69) is 10.6 Å². The lowest BCUT2D eigenvalue weighted by molar-refractivity contribution is -0.149. The molecule has 2 rings (SSSR count). The molecule has 0 unspecified atom stereocenters. The molecule has 146 valence electrons. The van der Waals surface area contributed by atoms with Crippen LogP contribution in [-0.2, 0) is 19.1 Å². The molecule has 28 heavy (non-hydrogen) atoms. The van der Waals surface area contributed by atoms with Crippen molar-refractivity contribution in [2.75, 3.05) is 23.8 Å². The lowest BCUT2D eigenvalue weighted by Gasteiger charge is -2.09. The Hall–Kier alpha value is -3.68. The minimum Gasteiger partial charge on any atom is -0.482 e. The summed E-state index contributed by atoms with van der Waals surface area (Å²) in [6, 6.07) is 12.9. The number of carbonyl (C=O) groups is 4. The van der Waals surface area contributed by atoms with Gasteiger partial charge in [0.15, 0.2) is 19.0 Å². The molecule has 0 radical (unpaired) electrons. The summed E-state index contributed by atoms with van der Waals surface area (Å²) >= 11 is 0. The van der Waals surface area contributed by atoms with Gasteiger partial charge in [-0.2, -0.15) is 0 Å². The van der Waals surface area contributed by atoms with E-state index in [1.165, 1.54) is 13.8 Å². The molecule has 0 saturated carbocycles. The van der Waals surface area contributed by atoms with E-state index in [0.717, 1.165) is 0 Å². The first-order chi connectivity index (χ1) is 13.3. The first-order valence-electron chi connectivity index (χ1n) is 8.40. The van der Waals surface area contributed by atoms with Gasteiger partial charge >= 0.3 is 5.97 Å². The molecule has 2 N–H and O–H groups in total.